The zero-order valence-corrected chi connectivity index (χ0v) is 14.7. The van der Waals surface area contributed by atoms with Crippen LogP contribution in [0, 0.1) is 0 Å². The number of hydrogen-bond donors (Lipinski definition) is 0. The number of thioether (sulfide) groups is 1. The summed E-state index contributed by atoms with van der Waals surface area (Å²) in [7, 11) is -1.19. The lowest BCUT2D eigenvalue weighted by Crippen LogP contribution is -2.47. The Bertz CT molecular complexity index is 629. The standard InChI is InChI=1S/C13H22N4O3S2/c1-4-10(2)17(11-5-6-22(19,20)8-11)12(18)7-21-13-15-14-9-16(13)3/h9-11H,4-8H2,1-3H3/t10-,11+/m0/s1. The van der Waals surface area contributed by atoms with Gasteiger partial charge in [-0.2, -0.15) is 0 Å². The normalized spacial score (nSPS) is 21.7. The SMILES string of the molecule is CC[C@H](C)N(C(=O)CSc1nncn1C)[C@@H]1CCS(=O)(=O)C1. The highest BCUT2D eigenvalue weighted by atomic mass is 32.2. The minimum absolute atomic E-state index is 0.0332. The molecule has 7 nitrogen and oxygen atoms in total. The van der Waals surface area contributed by atoms with Crippen LogP contribution in [-0.4, -0.2) is 63.3 Å². The highest BCUT2D eigenvalue weighted by Crippen LogP contribution is 2.23. The molecular weight excluding hydrogens is 324 g/mol. The molecule has 124 valence electrons. The molecule has 9 heteroatoms. The lowest BCUT2D eigenvalue weighted by Gasteiger charge is -2.33. The Morgan fingerprint density at radius 3 is 2.82 bits per heavy atom. The van der Waals surface area contributed by atoms with Gasteiger partial charge in [-0.15, -0.1) is 10.2 Å². The van der Waals surface area contributed by atoms with Crippen molar-refractivity contribution in [2.45, 2.75) is 43.9 Å². The van der Waals surface area contributed by atoms with Crippen molar-refractivity contribution < 1.29 is 13.2 Å². The molecule has 0 bridgehead atoms. The second kappa shape index (κ2) is 6.99. The maximum atomic E-state index is 12.6. The van der Waals surface area contributed by atoms with E-state index in [-0.39, 0.29) is 35.2 Å². The van der Waals surface area contributed by atoms with Crippen molar-refractivity contribution in [1.82, 2.24) is 19.7 Å². The number of carbonyl (C=O) groups is 1. The summed E-state index contributed by atoms with van der Waals surface area (Å²) in [6, 6.07) is -0.168. The van der Waals surface area contributed by atoms with Gasteiger partial charge in [0, 0.05) is 19.1 Å². The Morgan fingerprint density at radius 1 is 1.59 bits per heavy atom. The third-order valence-corrected chi connectivity index (χ3v) is 6.72. The average molecular weight is 346 g/mol. The Balaban J connectivity index is 2.05. The van der Waals surface area contributed by atoms with Gasteiger partial charge in [0.1, 0.15) is 6.33 Å². The maximum Gasteiger partial charge on any atom is 0.233 e. The minimum atomic E-state index is -3.01. The Morgan fingerprint density at radius 2 is 2.32 bits per heavy atom. The van der Waals surface area contributed by atoms with Crippen LogP contribution in [0.15, 0.2) is 11.5 Å². The summed E-state index contributed by atoms with van der Waals surface area (Å²) in [5, 5.41) is 8.40. The van der Waals surface area contributed by atoms with Crippen molar-refractivity contribution in [3.63, 3.8) is 0 Å². The third-order valence-electron chi connectivity index (χ3n) is 3.95. The first-order chi connectivity index (χ1) is 10.3. The number of nitrogens with zero attached hydrogens (tertiary/aromatic N) is 4. The summed E-state index contributed by atoms with van der Waals surface area (Å²) < 4.78 is 25.2. The van der Waals surface area contributed by atoms with Gasteiger partial charge in [-0.25, -0.2) is 8.42 Å². The van der Waals surface area contributed by atoms with Crippen molar-refractivity contribution >= 4 is 27.5 Å². The third kappa shape index (κ3) is 4.01. The maximum absolute atomic E-state index is 12.6. The van der Waals surface area contributed by atoms with Gasteiger partial charge in [0.2, 0.25) is 5.91 Å². The van der Waals surface area contributed by atoms with Crippen LogP contribution in [0.5, 0.6) is 0 Å². The van der Waals surface area contributed by atoms with Gasteiger partial charge in [-0.1, -0.05) is 18.7 Å². The monoisotopic (exact) mass is 346 g/mol. The van der Waals surface area contributed by atoms with Gasteiger partial charge < -0.3 is 9.47 Å². The largest absolute Gasteiger partial charge is 0.335 e. The summed E-state index contributed by atoms with van der Waals surface area (Å²) in [4.78, 5) is 14.4. The molecule has 0 aliphatic carbocycles. The zero-order valence-electron chi connectivity index (χ0n) is 13.1. The van der Waals surface area contributed by atoms with Crippen LogP contribution < -0.4 is 0 Å². The second-order valence-electron chi connectivity index (χ2n) is 5.63. The molecule has 1 aromatic heterocycles. The molecule has 2 heterocycles. The highest BCUT2D eigenvalue weighted by Gasteiger charge is 2.36. The van der Waals surface area contributed by atoms with E-state index < -0.39 is 9.84 Å². The molecule has 1 amide bonds. The number of aryl methyl sites for hydroxylation is 1. The van der Waals surface area contributed by atoms with Crippen LogP contribution in [0.3, 0.4) is 0 Å². The first-order valence-electron chi connectivity index (χ1n) is 7.32. The quantitative estimate of drug-likeness (QED) is 0.706. The molecule has 0 unspecified atom stereocenters. The van der Waals surface area contributed by atoms with Crippen LogP contribution in [0.4, 0.5) is 0 Å². The van der Waals surface area contributed by atoms with Crippen LogP contribution in [0.25, 0.3) is 0 Å². The Labute approximate surface area is 135 Å². The van der Waals surface area contributed by atoms with E-state index in [2.05, 4.69) is 10.2 Å². The molecule has 2 atom stereocenters. The molecule has 22 heavy (non-hydrogen) atoms. The molecule has 1 aliphatic heterocycles. The Kier molecular flexibility index (Phi) is 5.49. The smallest absolute Gasteiger partial charge is 0.233 e. The lowest BCUT2D eigenvalue weighted by molar-refractivity contribution is -0.132. The van der Waals surface area contributed by atoms with Crippen molar-refractivity contribution in [2.24, 2.45) is 7.05 Å². The molecule has 2 rings (SSSR count). The number of aromatic nitrogens is 3. The lowest BCUT2D eigenvalue weighted by atomic mass is 10.1. The fourth-order valence-corrected chi connectivity index (χ4v) is 5.07. The first-order valence-corrected chi connectivity index (χ1v) is 10.1. The van der Waals surface area contributed by atoms with Gasteiger partial charge in [0.25, 0.3) is 0 Å². The van der Waals surface area contributed by atoms with E-state index in [0.717, 1.165) is 6.42 Å². The van der Waals surface area contributed by atoms with E-state index in [1.807, 2.05) is 20.9 Å². The summed E-state index contributed by atoms with van der Waals surface area (Å²) in [6.45, 7) is 3.97. The van der Waals surface area contributed by atoms with E-state index in [0.29, 0.717) is 11.6 Å². The fourth-order valence-electron chi connectivity index (χ4n) is 2.60. The van der Waals surface area contributed by atoms with E-state index in [9.17, 15) is 13.2 Å². The van der Waals surface area contributed by atoms with Gasteiger partial charge in [0.15, 0.2) is 15.0 Å². The summed E-state index contributed by atoms with van der Waals surface area (Å²) >= 11 is 1.33. The van der Waals surface area contributed by atoms with Crippen LogP contribution in [-0.2, 0) is 21.7 Å². The number of hydrogen-bond acceptors (Lipinski definition) is 6. The number of carbonyl (C=O) groups excluding carboxylic acids is 1. The zero-order chi connectivity index (χ0) is 16.3. The topological polar surface area (TPSA) is 85.2 Å². The van der Waals surface area contributed by atoms with E-state index in [1.165, 1.54) is 11.8 Å². The molecule has 0 N–H and O–H groups in total. The van der Waals surface area contributed by atoms with E-state index in [4.69, 9.17) is 0 Å². The van der Waals surface area contributed by atoms with Crippen molar-refractivity contribution in [1.29, 1.82) is 0 Å². The molecule has 1 aromatic rings. The number of sulfone groups is 1. The van der Waals surface area contributed by atoms with Crippen molar-refractivity contribution in [3.05, 3.63) is 6.33 Å². The molecule has 0 saturated carbocycles. The van der Waals surface area contributed by atoms with Crippen LogP contribution in [0.2, 0.25) is 0 Å². The molecule has 1 fully saturated rings. The number of amides is 1. The highest BCUT2D eigenvalue weighted by molar-refractivity contribution is 7.99. The Hall–Kier alpha value is -1.09. The first kappa shape index (κ1) is 17.3. The van der Waals surface area contributed by atoms with E-state index in [1.54, 1.807) is 15.8 Å². The van der Waals surface area contributed by atoms with Gasteiger partial charge in [-0.3, -0.25) is 4.79 Å². The fraction of sp³-hybridized carbons (Fsp3) is 0.769. The predicted octanol–water partition coefficient (Wildman–Crippen LogP) is 0.721. The van der Waals surface area contributed by atoms with Gasteiger partial charge in [-0.05, 0) is 19.8 Å². The van der Waals surface area contributed by atoms with Gasteiger partial charge >= 0.3 is 0 Å². The van der Waals surface area contributed by atoms with Crippen molar-refractivity contribution in [3.8, 4) is 0 Å². The van der Waals surface area contributed by atoms with E-state index >= 15 is 0 Å². The molecule has 0 aromatic carbocycles. The number of rotatable bonds is 6. The summed E-state index contributed by atoms with van der Waals surface area (Å²) in [6.07, 6.45) is 2.92. The molecule has 1 aliphatic rings. The molecule has 1 saturated heterocycles. The average Bonchev–Trinajstić information content (AvgIpc) is 3.02. The van der Waals surface area contributed by atoms with Gasteiger partial charge in [0.05, 0.1) is 17.3 Å². The molecule has 0 spiro atoms. The molecular formula is C13H22N4O3S2. The van der Waals surface area contributed by atoms with Crippen LogP contribution >= 0.6 is 11.8 Å². The van der Waals surface area contributed by atoms with Crippen molar-refractivity contribution in [2.75, 3.05) is 17.3 Å². The minimum Gasteiger partial charge on any atom is -0.335 e. The van der Waals surface area contributed by atoms with Crippen LogP contribution in [0.1, 0.15) is 26.7 Å². The predicted molar refractivity (Wildman–Crippen MR) is 85.4 cm³/mol. The summed E-state index contributed by atoms with van der Waals surface area (Å²) in [5.74, 6) is 0.462. The summed E-state index contributed by atoms with van der Waals surface area (Å²) in [5.41, 5.74) is 0. The second-order valence-corrected chi connectivity index (χ2v) is 8.80. The molecule has 0 radical (unpaired) electrons.